The topological polar surface area (TPSA) is 132 Å². The van der Waals surface area contributed by atoms with Gasteiger partial charge in [0.25, 0.3) is 0 Å². The second-order valence-electron chi connectivity index (χ2n) is 2.68. The van der Waals surface area contributed by atoms with Crippen molar-refractivity contribution >= 4 is 18.4 Å². The molecule has 0 aromatic carbocycles. The summed E-state index contributed by atoms with van der Waals surface area (Å²) in [4.78, 5) is 28.1. The summed E-state index contributed by atoms with van der Waals surface area (Å²) in [5, 5.41) is 31.8. The second-order valence-corrected chi connectivity index (χ2v) is 2.68. The van der Waals surface area contributed by atoms with Crippen molar-refractivity contribution in [3.8, 4) is 0 Å². The largest absolute Gasteiger partial charge is 0.393 e. The Balaban J connectivity index is -0.000000162. The molecule has 0 rings (SSSR count). The van der Waals surface area contributed by atoms with Gasteiger partial charge in [-0.05, 0) is 13.8 Å². The van der Waals surface area contributed by atoms with Gasteiger partial charge in [0.15, 0.2) is 12.6 Å². The highest BCUT2D eigenvalue weighted by Crippen LogP contribution is 1.66. The maximum atomic E-state index is 9.44. The first-order chi connectivity index (χ1) is 7.35. The van der Waals surface area contributed by atoms with Crippen LogP contribution in [0.2, 0.25) is 0 Å². The quantitative estimate of drug-likeness (QED) is 0.404. The zero-order chi connectivity index (χ0) is 13.6. The summed E-state index contributed by atoms with van der Waals surface area (Å²) in [6, 6.07) is 0. The molecule has 0 aliphatic heterocycles. The summed E-state index contributed by atoms with van der Waals surface area (Å²) >= 11 is 0. The molecule has 96 valence electrons. The van der Waals surface area contributed by atoms with Crippen LogP contribution in [-0.4, -0.2) is 64.2 Å². The van der Waals surface area contributed by atoms with Gasteiger partial charge in [0.2, 0.25) is 0 Å². The van der Waals surface area contributed by atoms with Crippen molar-refractivity contribution in [2.45, 2.75) is 26.1 Å². The van der Waals surface area contributed by atoms with Crippen LogP contribution in [0.4, 0.5) is 0 Å². The molecule has 0 amide bonds. The molecule has 0 saturated carbocycles. The van der Waals surface area contributed by atoms with E-state index in [1.54, 1.807) is 0 Å². The minimum atomic E-state index is -1.19. The highest BCUT2D eigenvalue weighted by Gasteiger charge is 1.93. The van der Waals surface area contributed by atoms with Gasteiger partial charge in [0, 0.05) is 0 Å². The molecule has 0 aliphatic rings. The number of carbonyl (C=O) groups excluding carboxylic acids is 3. The number of aliphatic hydroxyl groups excluding tert-OH is 4. The first-order valence-electron chi connectivity index (χ1n) is 4.31. The molecule has 0 heterocycles. The Hall–Kier alpha value is -1.15. The zero-order valence-electron chi connectivity index (χ0n) is 9.24. The normalized spacial score (nSPS) is 11.9. The highest BCUT2D eigenvalue weighted by atomic mass is 16.3. The molecule has 16 heavy (non-hydrogen) atoms. The predicted molar refractivity (Wildman–Crippen MR) is 54.7 cm³/mol. The molecule has 0 saturated heterocycles. The van der Waals surface area contributed by atoms with Gasteiger partial charge in [0.05, 0.1) is 13.2 Å². The average molecular weight is 238 g/mol. The maximum Gasteiger partial charge on any atom is 0.150 e. The van der Waals surface area contributed by atoms with Crippen molar-refractivity contribution in [3.63, 3.8) is 0 Å². The number of hydrogen-bond acceptors (Lipinski definition) is 7. The fourth-order valence-corrected chi connectivity index (χ4v) is 0.0861. The maximum absolute atomic E-state index is 9.44. The summed E-state index contributed by atoms with van der Waals surface area (Å²) in [6.07, 6.45) is -1.82. The molecule has 2 unspecified atom stereocenters. The Morgan fingerprint density at radius 1 is 1.00 bits per heavy atom. The smallest absolute Gasteiger partial charge is 0.150 e. The lowest BCUT2D eigenvalue weighted by Crippen LogP contribution is -2.12. The Morgan fingerprint density at radius 2 is 1.19 bits per heavy atom. The third-order valence-electron chi connectivity index (χ3n) is 0.688. The van der Waals surface area contributed by atoms with Crippen LogP contribution in [0.5, 0.6) is 0 Å². The van der Waals surface area contributed by atoms with E-state index in [0.717, 1.165) is 0 Å². The first kappa shape index (κ1) is 20.3. The van der Waals surface area contributed by atoms with Crippen molar-refractivity contribution in [1.29, 1.82) is 0 Å². The molecule has 2 atom stereocenters. The van der Waals surface area contributed by atoms with Gasteiger partial charge in [-0.1, -0.05) is 0 Å². The SMILES string of the molecule is CC(C)=O.O=CC(O)CO.O=CC(O)CO. The molecule has 4 N–H and O–H groups in total. The number of carbonyl (C=O) groups is 3. The Bertz CT molecular complexity index is 163. The molecule has 7 nitrogen and oxygen atoms in total. The average Bonchev–Trinajstić information content (AvgIpc) is 2.26. The Labute approximate surface area is 93.3 Å². The van der Waals surface area contributed by atoms with Gasteiger partial charge < -0.3 is 34.8 Å². The summed E-state index contributed by atoms with van der Waals surface area (Å²) in [6.45, 7) is 2.09. The van der Waals surface area contributed by atoms with Crippen LogP contribution in [0.25, 0.3) is 0 Å². The van der Waals surface area contributed by atoms with Gasteiger partial charge in [-0.15, -0.1) is 0 Å². The summed E-state index contributed by atoms with van der Waals surface area (Å²) in [5.74, 6) is 0.167. The molecule has 7 heteroatoms. The molecule has 0 aromatic rings. The summed E-state index contributed by atoms with van der Waals surface area (Å²) in [5.41, 5.74) is 0. The predicted octanol–water partition coefficient (Wildman–Crippen LogP) is -2.33. The number of Topliss-reactive ketones (excluding diaryl/α,β-unsaturated/α-hetero) is 1. The van der Waals surface area contributed by atoms with Crippen molar-refractivity contribution in [2.24, 2.45) is 0 Å². The van der Waals surface area contributed by atoms with Gasteiger partial charge in [-0.2, -0.15) is 0 Å². The van der Waals surface area contributed by atoms with E-state index in [1.165, 1.54) is 13.8 Å². The monoisotopic (exact) mass is 238 g/mol. The molecule has 0 radical (unpaired) electrons. The van der Waals surface area contributed by atoms with E-state index in [0.29, 0.717) is 0 Å². The van der Waals surface area contributed by atoms with Crippen molar-refractivity contribution < 1.29 is 34.8 Å². The van der Waals surface area contributed by atoms with E-state index < -0.39 is 25.4 Å². The van der Waals surface area contributed by atoms with Crippen LogP contribution < -0.4 is 0 Å². The minimum Gasteiger partial charge on any atom is -0.393 e. The molecular weight excluding hydrogens is 220 g/mol. The van der Waals surface area contributed by atoms with Crippen LogP contribution >= 0.6 is 0 Å². The van der Waals surface area contributed by atoms with Gasteiger partial charge in [-0.25, -0.2) is 0 Å². The lowest BCUT2D eigenvalue weighted by molar-refractivity contribution is -0.117. The number of ketones is 1. The first-order valence-corrected chi connectivity index (χ1v) is 4.31. The van der Waals surface area contributed by atoms with E-state index >= 15 is 0 Å². The lowest BCUT2D eigenvalue weighted by Gasteiger charge is -1.89. The molecule has 0 aliphatic carbocycles. The number of aldehydes is 2. The second kappa shape index (κ2) is 16.3. The van der Waals surface area contributed by atoms with Crippen LogP contribution in [-0.2, 0) is 14.4 Å². The lowest BCUT2D eigenvalue weighted by atomic mass is 10.4. The van der Waals surface area contributed by atoms with Crippen molar-refractivity contribution in [2.75, 3.05) is 13.2 Å². The Kier molecular flexibility index (Phi) is 20.6. The fourth-order valence-electron chi connectivity index (χ4n) is 0.0861. The summed E-state index contributed by atoms with van der Waals surface area (Å²) in [7, 11) is 0. The highest BCUT2D eigenvalue weighted by molar-refractivity contribution is 5.72. The molecule has 0 spiro atoms. The third-order valence-corrected chi connectivity index (χ3v) is 0.688. The van der Waals surface area contributed by atoms with Crippen LogP contribution in [0.3, 0.4) is 0 Å². The van der Waals surface area contributed by atoms with Crippen molar-refractivity contribution in [3.05, 3.63) is 0 Å². The number of hydrogen-bond donors (Lipinski definition) is 4. The summed E-state index contributed by atoms with van der Waals surface area (Å²) < 4.78 is 0. The van der Waals surface area contributed by atoms with Crippen LogP contribution in [0.1, 0.15) is 13.8 Å². The van der Waals surface area contributed by atoms with E-state index in [4.69, 9.17) is 20.4 Å². The molecule has 0 aromatic heterocycles. The van der Waals surface area contributed by atoms with Crippen LogP contribution in [0.15, 0.2) is 0 Å². The van der Waals surface area contributed by atoms with Crippen molar-refractivity contribution in [1.82, 2.24) is 0 Å². The van der Waals surface area contributed by atoms with E-state index in [2.05, 4.69) is 0 Å². The van der Waals surface area contributed by atoms with E-state index in [-0.39, 0.29) is 18.4 Å². The fraction of sp³-hybridized carbons (Fsp3) is 0.667. The molecule has 0 bridgehead atoms. The number of aliphatic hydroxyl groups is 4. The van der Waals surface area contributed by atoms with Crippen LogP contribution in [0, 0.1) is 0 Å². The van der Waals surface area contributed by atoms with E-state index in [1.807, 2.05) is 0 Å². The van der Waals surface area contributed by atoms with Gasteiger partial charge >= 0.3 is 0 Å². The zero-order valence-corrected chi connectivity index (χ0v) is 9.24. The van der Waals surface area contributed by atoms with Gasteiger partial charge in [0.1, 0.15) is 18.0 Å². The number of rotatable bonds is 4. The van der Waals surface area contributed by atoms with E-state index in [9.17, 15) is 14.4 Å². The standard InChI is InChI=1S/2C3H6O3.C3H6O/c2*4-1-3(6)2-5;1-3(2)4/h2*1,3,5-6H,2H2;1-2H3. The van der Waals surface area contributed by atoms with Gasteiger partial charge in [-0.3, -0.25) is 0 Å². The third kappa shape index (κ3) is 38.5. The molecule has 0 fully saturated rings. The minimum absolute atomic E-state index is 0.167. The Morgan fingerprint density at radius 3 is 1.19 bits per heavy atom. The molecular formula is C9H18O7.